The molecule has 0 aliphatic rings. The first-order chi connectivity index (χ1) is 8.66. The Kier molecular flexibility index (Phi) is 4.65. The van der Waals surface area contributed by atoms with Gasteiger partial charge in [-0.1, -0.05) is 13.8 Å². The van der Waals surface area contributed by atoms with Gasteiger partial charge >= 0.3 is 0 Å². The van der Waals surface area contributed by atoms with Crippen LogP contribution in [-0.2, 0) is 10.0 Å². The molecule has 0 spiro atoms. The number of nitrogens with zero attached hydrogens (tertiary/aromatic N) is 2. The highest BCUT2D eigenvalue weighted by atomic mass is 32.2. The highest BCUT2D eigenvalue weighted by Gasteiger charge is 2.23. The molecule has 0 N–H and O–H groups in total. The second-order valence-corrected chi connectivity index (χ2v) is 6.93. The molecule has 7 heteroatoms. The average Bonchev–Trinajstić information content (AvgIpc) is 2.27. The predicted molar refractivity (Wildman–Crippen MR) is 72.5 cm³/mol. The molecule has 0 atom stereocenters. The lowest BCUT2D eigenvalue weighted by atomic mass is 10.2. The van der Waals surface area contributed by atoms with E-state index in [-0.39, 0.29) is 16.5 Å². The minimum absolute atomic E-state index is 0.0783. The van der Waals surface area contributed by atoms with Gasteiger partial charge in [-0.2, -0.15) is 0 Å². The fourth-order valence-electron chi connectivity index (χ4n) is 1.79. The van der Waals surface area contributed by atoms with Crippen LogP contribution in [0.15, 0.2) is 23.1 Å². The molecule has 0 fully saturated rings. The maximum atomic E-state index is 12.3. The molecular formula is C12H18N2O4S. The summed E-state index contributed by atoms with van der Waals surface area (Å²) in [5, 5.41) is 10.7. The van der Waals surface area contributed by atoms with E-state index < -0.39 is 14.9 Å². The number of nitro benzene ring substituents is 1. The first kappa shape index (κ1) is 15.6. The lowest BCUT2D eigenvalue weighted by Crippen LogP contribution is -2.30. The minimum atomic E-state index is -3.59. The van der Waals surface area contributed by atoms with Crippen LogP contribution in [0.25, 0.3) is 0 Å². The van der Waals surface area contributed by atoms with E-state index in [0.29, 0.717) is 12.1 Å². The lowest BCUT2D eigenvalue weighted by molar-refractivity contribution is -0.385. The van der Waals surface area contributed by atoms with Crippen LogP contribution in [0.5, 0.6) is 0 Å². The monoisotopic (exact) mass is 286 g/mol. The number of sulfonamides is 1. The van der Waals surface area contributed by atoms with Gasteiger partial charge in [0.25, 0.3) is 5.69 Å². The number of nitro groups is 1. The standard InChI is InChI=1S/C12H18N2O4S/c1-9(2)8-13(4)19(17,18)11-5-6-12(14(15)16)10(3)7-11/h5-7,9H,8H2,1-4H3. The summed E-state index contributed by atoms with van der Waals surface area (Å²) < 4.78 is 25.8. The molecule has 0 aliphatic carbocycles. The van der Waals surface area contributed by atoms with E-state index in [2.05, 4.69) is 0 Å². The van der Waals surface area contributed by atoms with Crippen LogP contribution < -0.4 is 0 Å². The van der Waals surface area contributed by atoms with Gasteiger partial charge in [-0.25, -0.2) is 12.7 Å². The highest BCUT2D eigenvalue weighted by molar-refractivity contribution is 7.89. The number of aryl methyl sites for hydroxylation is 1. The molecule has 0 saturated carbocycles. The van der Waals surface area contributed by atoms with Gasteiger partial charge in [0.15, 0.2) is 0 Å². The Balaban J connectivity index is 3.16. The van der Waals surface area contributed by atoms with Crippen molar-refractivity contribution in [2.24, 2.45) is 5.92 Å². The molecule has 0 saturated heterocycles. The molecule has 0 bridgehead atoms. The summed E-state index contributed by atoms with van der Waals surface area (Å²) in [5.74, 6) is 0.207. The van der Waals surface area contributed by atoms with Crippen LogP contribution in [-0.4, -0.2) is 31.2 Å². The fraction of sp³-hybridized carbons (Fsp3) is 0.500. The van der Waals surface area contributed by atoms with Gasteiger partial charge in [0.2, 0.25) is 10.0 Å². The lowest BCUT2D eigenvalue weighted by Gasteiger charge is -2.19. The molecule has 19 heavy (non-hydrogen) atoms. The van der Waals surface area contributed by atoms with Crippen molar-refractivity contribution in [3.63, 3.8) is 0 Å². The van der Waals surface area contributed by atoms with Crippen LogP contribution in [0.1, 0.15) is 19.4 Å². The predicted octanol–water partition coefficient (Wildman–Crippen LogP) is 2.18. The molecule has 6 nitrogen and oxygen atoms in total. The van der Waals surface area contributed by atoms with Gasteiger partial charge < -0.3 is 0 Å². The zero-order valence-electron chi connectivity index (χ0n) is 11.5. The molecule has 0 aromatic heterocycles. The van der Waals surface area contributed by atoms with Gasteiger partial charge in [0.1, 0.15) is 0 Å². The SMILES string of the molecule is Cc1cc(S(=O)(=O)N(C)CC(C)C)ccc1[N+](=O)[O-]. The normalized spacial score (nSPS) is 12.1. The van der Waals surface area contributed by atoms with Crippen molar-refractivity contribution < 1.29 is 13.3 Å². The topological polar surface area (TPSA) is 80.5 Å². The van der Waals surface area contributed by atoms with Crippen LogP contribution in [0.3, 0.4) is 0 Å². The molecule has 0 heterocycles. The Morgan fingerprint density at radius 1 is 1.37 bits per heavy atom. The maximum absolute atomic E-state index is 12.3. The maximum Gasteiger partial charge on any atom is 0.272 e. The summed E-state index contributed by atoms with van der Waals surface area (Å²) >= 11 is 0. The summed E-state index contributed by atoms with van der Waals surface area (Å²) in [4.78, 5) is 10.3. The molecule has 0 aliphatic heterocycles. The van der Waals surface area contributed by atoms with Crippen LogP contribution in [0, 0.1) is 23.0 Å². The van der Waals surface area contributed by atoms with E-state index >= 15 is 0 Å². The van der Waals surface area contributed by atoms with E-state index in [1.165, 1.54) is 36.5 Å². The smallest absolute Gasteiger partial charge is 0.258 e. The van der Waals surface area contributed by atoms with Crippen molar-refractivity contribution in [3.8, 4) is 0 Å². The van der Waals surface area contributed by atoms with Crippen molar-refractivity contribution in [1.82, 2.24) is 4.31 Å². The number of rotatable bonds is 5. The van der Waals surface area contributed by atoms with Crippen molar-refractivity contribution in [3.05, 3.63) is 33.9 Å². The Morgan fingerprint density at radius 3 is 2.37 bits per heavy atom. The van der Waals surface area contributed by atoms with Gasteiger partial charge in [-0.05, 0) is 25.0 Å². The third-order valence-electron chi connectivity index (χ3n) is 2.70. The minimum Gasteiger partial charge on any atom is -0.258 e. The molecule has 1 aromatic carbocycles. The summed E-state index contributed by atoms with van der Waals surface area (Å²) in [7, 11) is -2.08. The van der Waals surface area contributed by atoms with E-state index in [9.17, 15) is 18.5 Å². The molecular weight excluding hydrogens is 268 g/mol. The summed E-state index contributed by atoms with van der Waals surface area (Å²) in [5.41, 5.74) is 0.259. The van der Waals surface area contributed by atoms with Crippen molar-refractivity contribution in [1.29, 1.82) is 0 Å². The van der Waals surface area contributed by atoms with Crippen LogP contribution >= 0.6 is 0 Å². The van der Waals surface area contributed by atoms with Gasteiger partial charge in [0, 0.05) is 25.2 Å². The number of hydrogen-bond acceptors (Lipinski definition) is 4. The quantitative estimate of drug-likeness (QED) is 0.613. The third kappa shape index (κ3) is 3.51. The van der Waals surface area contributed by atoms with E-state index in [1.54, 1.807) is 0 Å². The first-order valence-corrected chi connectivity index (χ1v) is 7.31. The first-order valence-electron chi connectivity index (χ1n) is 5.87. The molecule has 0 amide bonds. The molecule has 1 aromatic rings. The van der Waals surface area contributed by atoms with Crippen LogP contribution in [0.2, 0.25) is 0 Å². The highest BCUT2D eigenvalue weighted by Crippen LogP contribution is 2.23. The Morgan fingerprint density at radius 2 is 1.95 bits per heavy atom. The fourth-order valence-corrected chi connectivity index (χ4v) is 3.21. The van der Waals surface area contributed by atoms with Crippen molar-refractivity contribution in [2.75, 3.05) is 13.6 Å². The van der Waals surface area contributed by atoms with Crippen LogP contribution in [0.4, 0.5) is 5.69 Å². The van der Waals surface area contributed by atoms with Gasteiger partial charge in [0.05, 0.1) is 9.82 Å². The van der Waals surface area contributed by atoms with Gasteiger partial charge in [-0.15, -0.1) is 0 Å². The third-order valence-corrected chi connectivity index (χ3v) is 4.51. The second kappa shape index (κ2) is 5.66. The van der Waals surface area contributed by atoms with Gasteiger partial charge in [-0.3, -0.25) is 10.1 Å². The summed E-state index contributed by atoms with van der Waals surface area (Å²) in [6.07, 6.45) is 0. The zero-order chi connectivity index (χ0) is 14.8. The molecule has 0 radical (unpaired) electrons. The van der Waals surface area contributed by atoms with E-state index in [4.69, 9.17) is 0 Å². The molecule has 1 rings (SSSR count). The Hall–Kier alpha value is -1.47. The average molecular weight is 286 g/mol. The Labute approximate surface area is 113 Å². The largest absolute Gasteiger partial charge is 0.272 e. The Bertz CT molecular complexity index is 581. The second-order valence-electron chi connectivity index (χ2n) is 4.88. The number of hydrogen-bond donors (Lipinski definition) is 0. The molecule has 106 valence electrons. The zero-order valence-corrected chi connectivity index (χ0v) is 12.3. The number of benzene rings is 1. The summed E-state index contributed by atoms with van der Waals surface area (Å²) in [6.45, 7) is 5.78. The molecule has 0 unspecified atom stereocenters. The van der Waals surface area contributed by atoms with E-state index in [1.807, 2.05) is 13.8 Å². The summed E-state index contributed by atoms with van der Waals surface area (Å²) in [6, 6.07) is 3.84. The van der Waals surface area contributed by atoms with Crippen molar-refractivity contribution >= 4 is 15.7 Å². The van der Waals surface area contributed by atoms with Crippen molar-refractivity contribution in [2.45, 2.75) is 25.7 Å². The van der Waals surface area contributed by atoms with E-state index in [0.717, 1.165) is 0 Å².